The molecular weight excluding hydrogens is 440 g/mol. The number of nitrogens with zero attached hydrogens (tertiary/aromatic N) is 3. The molecule has 4 rings (SSSR count). The second kappa shape index (κ2) is 7.64. The number of benzene rings is 1. The molecule has 2 aromatic heterocycles. The van der Waals surface area contributed by atoms with E-state index in [0.717, 1.165) is 46.3 Å². The summed E-state index contributed by atoms with van der Waals surface area (Å²) in [5, 5.41) is 10.9. The number of hydrogen-bond acceptors (Lipinski definition) is 5. The van der Waals surface area contributed by atoms with Gasteiger partial charge in [-0.15, -0.1) is 22.9 Å². The van der Waals surface area contributed by atoms with Crippen LogP contribution in [0, 0.1) is 0 Å². The molecular formula is C17H16BrClN4O2S. The van der Waals surface area contributed by atoms with Gasteiger partial charge in [0.05, 0.1) is 17.1 Å². The maximum atomic E-state index is 12.5. The monoisotopic (exact) mass is 454 g/mol. The number of thiazole rings is 1. The van der Waals surface area contributed by atoms with Gasteiger partial charge in [-0.1, -0.05) is 15.9 Å². The van der Waals surface area contributed by atoms with Gasteiger partial charge in [0, 0.05) is 28.0 Å². The molecule has 0 spiro atoms. The van der Waals surface area contributed by atoms with Crippen molar-refractivity contribution in [1.29, 1.82) is 0 Å². The summed E-state index contributed by atoms with van der Waals surface area (Å²) in [5.41, 5.74) is 1.84. The maximum Gasteiger partial charge on any atom is 0.275 e. The number of amides is 1. The number of aromatic nitrogens is 3. The highest BCUT2D eigenvalue weighted by atomic mass is 79.9. The van der Waals surface area contributed by atoms with E-state index in [-0.39, 0.29) is 12.1 Å². The van der Waals surface area contributed by atoms with Crippen LogP contribution in [-0.2, 0) is 10.6 Å². The molecule has 6 nitrogen and oxygen atoms in total. The highest BCUT2D eigenvalue weighted by Gasteiger charge is 2.19. The molecule has 1 saturated heterocycles. The molecule has 1 amide bonds. The van der Waals surface area contributed by atoms with Crippen molar-refractivity contribution in [2.75, 3.05) is 11.9 Å². The lowest BCUT2D eigenvalue weighted by Crippen LogP contribution is -2.18. The van der Waals surface area contributed by atoms with Crippen molar-refractivity contribution in [3.05, 3.63) is 38.9 Å². The third-order valence-corrected chi connectivity index (χ3v) is 5.92. The predicted octanol–water partition coefficient (Wildman–Crippen LogP) is 4.95. The van der Waals surface area contributed by atoms with Crippen LogP contribution in [0.1, 0.15) is 41.0 Å². The number of fused-ring (bicyclic) bond motifs is 1. The SMILES string of the molecule is O=C(Nc1cc(Br)cc2nn(C3CCCCO3)cc12)c1csc(CCl)n1. The highest BCUT2D eigenvalue weighted by Crippen LogP contribution is 2.31. The van der Waals surface area contributed by atoms with Crippen LogP contribution in [0.25, 0.3) is 10.9 Å². The number of hydrogen-bond donors (Lipinski definition) is 1. The summed E-state index contributed by atoms with van der Waals surface area (Å²) >= 11 is 10.6. The lowest BCUT2D eigenvalue weighted by molar-refractivity contribution is -0.0390. The summed E-state index contributed by atoms with van der Waals surface area (Å²) in [5.74, 6) is 0.0337. The van der Waals surface area contributed by atoms with Gasteiger partial charge in [0.25, 0.3) is 5.91 Å². The average Bonchev–Trinajstić information content (AvgIpc) is 3.29. The Morgan fingerprint density at radius 1 is 1.46 bits per heavy atom. The van der Waals surface area contributed by atoms with E-state index in [1.807, 2.05) is 23.0 Å². The van der Waals surface area contributed by atoms with Crippen LogP contribution in [-0.4, -0.2) is 27.3 Å². The normalized spacial score (nSPS) is 17.5. The standard InChI is InChI=1S/C17H16BrClN4O2S/c18-10-5-12(21-17(24)14-9-26-15(7-19)20-14)11-8-23(22-13(11)6-10)16-3-1-2-4-25-16/h5-6,8-9,16H,1-4,7H2,(H,21,24). The number of carbonyl (C=O) groups is 1. The zero-order valence-corrected chi connectivity index (χ0v) is 16.9. The number of anilines is 1. The average molecular weight is 456 g/mol. The molecule has 0 bridgehead atoms. The number of alkyl halides is 1. The third-order valence-electron chi connectivity index (χ3n) is 4.21. The van der Waals surface area contributed by atoms with Crippen LogP contribution in [0.2, 0.25) is 0 Å². The molecule has 26 heavy (non-hydrogen) atoms. The lowest BCUT2D eigenvalue weighted by Gasteiger charge is -2.22. The second-order valence-corrected chi connectivity index (χ2v) is 8.16. The van der Waals surface area contributed by atoms with Crippen molar-refractivity contribution < 1.29 is 9.53 Å². The van der Waals surface area contributed by atoms with E-state index < -0.39 is 0 Å². The Kier molecular flexibility index (Phi) is 5.26. The van der Waals surface area contributed by atoms with E-state index in [1.165, 1.54) is 11.3 Å². The number of nitrogens with one attached hydrogen (secondary N) is 1. The predicted molar refractivity (Wildman–Crippen MR) is 106 cm³/mol. The third kappa shape index (κ3) is 3.64. The smallest absolute Gasteiger partial charge is 0.275 e. The highest BCUT2D eigenvalue weighted by molar-refractivity contribution is 9.10. The molecule has 1 aliphatic rings. The topological polar surface area (TPSA) is 69.0 Å². The number of carbonyl (C=O) groups excluding carboxylic acids is 1. The van der Waals surface area contributed by atoms with Crippen LogP contribution in [0.5, 0.6) is 0 Å². The van der Waals surface area contributed by atoms with Crippen LogP contribution in [0.3, 0.4) is 0 Å². The van der Waals surface area contributed by atoms with E-state index in [0.29, 0.717) is 17.3 Å². The summed E-state index contributed by atoms with van der Waals surface area (Å²) in [6.45, 7) is 0.751. The Balaban J connectivity index is 1.65. The van der Waals surface area contributed by atoms with Crippen LogP contribution >= 0.6 is 38.9 Å². The summed E-state index contributed by atoms with van der Waals surface area (Å²) in [7, 11) is 0. The summed E-state index contributed by atoms with van der Waals surface area (Å²) in [6.07, 6.45) is 5.03. The molecule has 1 fully saturated rings. The Hall–Kier alpha value is -1.48. The minimum absolute atomic E-state index is 0.0525. The van der Waals surface area contributed by atoms with Crippen LogP contribution in [0.15, 0.2) is 28.2 Å². The number of halogens is 2. The summed E-state index contributed by atoms with van der Waals surface area (Å²) in [4.78, 5) is 16.8. The fourth-order valence-electron chi connectivity index (χ4n) is 2.95. The fraction of sp³-hybridized carbons (Fsp3) is 0.353. The summed E-state index contributed by atoms with van der Waals surface area (Å²) in [6, 6.07) is 3.79. The molecule has 9 heteroatoms. The largest absolute Gasteiger partial charge is 0.357 e. The molecule has 3 heterocycles. The second-order valence-electron chi connectivity index (χ2n) is 6.03. The van der Waals surface area contributed by atoms with E-state index in [1.54, 1.807) is 5.38 Å². The molecule has 0 saturated carbocycles. The van der Waals surface area contributed by atoms with Gasteiger partial charge in [-0.05, 0) is 31.4 Å². The Morgan fingerprint density at radius 3 is 3.08 bits per heavy atom. The zero-order chi connectivity index (χ0) is 18.1. The minimum Gasteiger partial charge on any atom is -0.357 e. The first-order valence-corrected chi connectivity index (χ1v) is 10.5. The van der Waals surface area contributed by atoms with Crippen molar-refractivity contribution in [3.63, 3.8) is 0 Å². The lowest BCUT2D eigenvalue weighted by atomic mass is 10.2. The molecule has 136 valence electrons. The maximum absolute atomic E-state index is 12.5. The van der Waals surface area contributed by atoms with Crippen LogP contribution < -0.4 is 5.32 Å². The first-order chi connectivity index (χ1) is 12.6. The number of ether oxygens (including phenoxy) is 1. The molecule has 0 radical (unpaired) electrons. The molecule has 1 unspecified atom stereocenters. The van der Waals surface area contributed by atoms with Gasteiger partial charge in [0.2, 0.25) is 0 Å². The van der Waals surface area contributed by atoms with E-state index in [2.05, 4.69) is 31.3 Å². The first-order valence-electron chi connectivity index (χ1n) is 8.26. The van der Waals surface area contributed by atoms with Gasteiger partial charge in [-0.25, -0.2) is 9.67 Å². The van der Waals surface area contributed by atoms with Gasteiger partial charge < -0.3 is 10.1 Å². The molecule has 1 aliphatic heterocycles. The van der Waals surface area contributed by atoms with Gasteiger partial charge in [0.15, 0.2) is 0 Å². The number of rotatable bonds is 4. The van der Waals surface area contributed by atoms with Crippen molar-refractivity contribution >= 4 is 61.4 Å². The van der Waals surface area contributed by atoms with Gasteiger partial charge >= 0.3 is 0 Å². The fourth-order valence-corrected chi connectivity index (χ4v) is 4.27. The Labute approximate surface area is 167 Å². The van der Waals surface area contributed by atoms with Gasteiger partial charge in [-0.3, -0.25) is 4.79 Å². The van der Waals surface area contributed by atoms with Gasteiger partial charge in [-0.2, -0.15) is 5.10 Å². The first kappa shape index (κ1) is 17.9. The van der Waals surface area contributed by atoms with Gasteiger partial charge in [0.1, 0.15) is 16.9 Å². The molecule has 1 aromatic carbocycles. The molecule has 1 atom stereocenters. The summed E-state index contributed by atoms with van der Waals surface area (Å²) < 4.78 is 8.50. The quantitative estimate of drug-likeness (QED) is 0.565. The minimum atomic E-state index is -0.265. The zero-order valence-electron chi connectivity index (χ0n) is 13.7. The molecule has 1 N–H and O–H groups in total. The van der Waals surface area contributed by atoms with Crippen molar-refractivity contribution in [2.24, 2.45) is 0 Å². The van der Waals surface area contributed by atoms with Crippen molar-refractivity contribution in [3.8, 4) is 0 Å². The van der Waals surface area contributed by atoms with Crippen molar-refractivity contribution in [1.82, 2.24) is 14.8 Å². The molecule has 0 aliphatic carbocycles. The van der Waals surface area contributed by atoms with E-state index in [9.17, 15) is 4.79 Å². The van der Waals surface area contributed by atoms with E-state index >= 15 is 0 Å². The van der Waals surface area contributed by atoms with Crippen LogP contribution in [0.4, 0.5) is 5.69 Å². The Morgan fingerprint density at radius 2 is 2.35 bits per heavy atom. The molecule has 3 aromatic rings. The Bertz CT molecular complexity index is 952. The van der Waals surface area contributed by atoms with E-state index in [4.69, 9.17) is 16.3 Å². The van der Waals surface area contributed by atoms with Crippen molar-refractivity contribution in [2.45, 2.75) is 31.4 Å².